The molecule has 1 aliphatic heterocycles. The van der Waals surface area contributed by atoms with E-state index in [0.29, 0.717) is 20.9 Å². The van der Waals surface area contributed by atoms with Gasteiger partial charge in [0.15, 0.2) is 26.3 Å². The van der Waals surface area contributed by atoms with Gasteiger partial charge in [0, 0.05) is 11.1 Å². The van der Waals surface area contributed by atoms with Crippen molar-refractivity contribution in [3.63, 3.8) is 0 Å². The van der Waals surface area contributed by atoms with E-state index in [0.717, 1.165) is 14.7 Å². The minimum atomic E-state index is -1.44. The van der Waals surface area contributed by atoms with Gasteiger partial charge in [0.05, 0.1) is 10.8 Å². The minimum Gasteiger partial charge on any atom is -0.295 e. The van der Waals surface area contributed by atoms with E-state index < -0.39 is 21.7 Å². The molecule has 0 saturated heterocycles. The molecule has 0 N–H and O–H groups in total. The summed E-state index contributed by atoms with van der Waals surface area (Å²) in [7, 11) is -1.89. The average molecular weight is 408 g/mol. The number of fused-ring (bicyclic) bond motifs is 2. The summed E-state index contributed by atoms with van der Waals surface area (Å²) in [6, 6.07) is 19.3. The predicted octanol–water partition coefficient (Wildman–Crippen LogP) is 4.98. The molecule has 3 nitrogen and oxygen atoms in total. The highest BCUT2D eigenvalue weighted by molar-refractivity contribution is 7.99. The van der Waals surface area contributed by atoms with Crippen molar-refractivity contribution < 1.29 is 13.8 Å². The third-order valence-corrected chi connectivity index (χ3v) is 8.86. The van der Waals surface area contributed by atoms with Gasteiger partial charge in [0.2, 0.25) is 0 Å². The largest absolute Gasteiger partial charge is 0.295 e. The van der Waals surface area contributed by atoms with Crippen LogP contribution in [0.2, 0.25) is 0 Å². The number of hydrogen-bond acceptors (Lipinski definition) is 3. The van der Waals surface area contributed by atoms with Gasteiger partial charge in [-0.05, 0) is 69.3 Å². The van der Waals surface area contributed by atoms with Crippen LogP contribution in [0.3, 0.4) is 0 Å². The number of rotatable bonds is 3. The van der Waals surface area contributed by atoms with E-state index in [4.69, 9.17) is 0 Å². The first-order chi connectivity index (χ1) is 13.4. The Labute approximate surface area is 169 Å². The van der Waals surface area contributed by atoms with Crippen molar-refractivity contribution in [1.29, 1.82) is 0 Å². The Morgan fingerprint density at radius 1 is 0.750 bits per heavy atom. The fourth-order valence-electron chi connectivity index (χ4n) is 3.25. The second-order valence-corrected chi connectivity index (χ2v) is 10.2. The molecule has 0 amide bonds. The Morgan fingerprint density at radius 2 is 1.21 bits per heavy atom. The zero-order valence-electron chi connectivity index (χ0n) is 15.8. The Morgan fingerprint density at radius 3 is 1.64 bits per heavy atom. The Balaban J connectivity index is 2.00. The van der Waals surface area contributed by atoms with E-state index in [1.54, 1.807) is 12.1 Å². The van der Waals surface area contributed by atoms with Gasteiger partial charge < -0.3 is 0 Å². The van der Waals surface area contributed by atoms with Gasteiger partial charge in [-0.15, -0.1) is 0 Å². The first-order valence-electron chi connectivity index (χ1n) is 8.89. The molecule has 5 heteroatoms. The van der Waals surface area contributed by atoms with Gasteiger partial charge in [-0.2, -0.15) is 0 Å². The minimum absolute atomic E-state index is 0.0571. The van der Waals surface area contributed by atoms with Crippen molar-refractivity contribution in [2.45, 2.75) is 45.2 Å². The van der Waals surface area contributed by atoms with Crippen LogP contribution >= 0.6 is 0 Å². The highest BCUT2D eigenvalue weighted by Crippen LogP contribution is 2.43. The molecule has 4 rings (SSSR count). The summed E-state index contributed by atoms with van der Waals surface area (Å²) in [5, 5.41) is 0. The van der Waals surface area contributed by atoms with E-state index in [1.807, 2.05) is 31.2 Å². The van der Waals surface area contributed by atoms with Crippen LogP contribution in [-0.4, -0.2) is 15.8 Å². The lowest BCUT2D eigenvalue weighted by Crippen LogP contribution is -2.18. The molecule has 0 aliphatic carbocycles. The number of carbonyl (C=O) groups excluding carboxylic acids is 2. The van der Waals surface area contributed by atoms with Crippen molar-refractivity contribution in [3.8, 4) is 0 Å². The van der Waals surface area contributed by atoms with Crippen LogP contribution in [0.1, 0.15) is 40.1 Å². The fourth-order valence-corrected chi connectivity index (χ4v) is 7.49. The summed E-state index contributed by atoms with van der Waals surface area (Å²) >= 11 is 0. The first kappa shape index (κ1) is 18.8. The van der Waals surface area contributed by atoms with Crippen LogP contribution in [0.25, 0.3) is 0 Å². The number of ketones is 2. The second-order valence-electron chi connectivity index (χ2n) is 6.82. The van der Waals surface area contributed by atoms with Crippen molar-refractivity contribution in [2.75, 3.05) is 0 Å². The maximum atomic E-state index is 13.4. The van der Waals surface area contributed by atoms with Crippen LogP contribution < -0.4 is 0 Å². The summed E-state index contributed by atoms with van der Waals surface area (Å²) < 4.78 is 13.4. The zero-order valence-corrected chi connectivity index (χ0v) is 17.4. The zero-order chi connectivity index (χ0) is 20.0. The van der Waals surface area contributed by atoms with Gasteiger partial charge in [0.1, 0.15) is 20.7 Å². The Hall–Kier alpha value is -2.50. The van der Waals surface area contributed by atoms with Gasteiger partial charge in [-0.3, -0.25) is 9.59 Å². The van der Waals surface area contributed by atoms with Crippen LogP contribution in [0.5, 0.6) is 0 Å². The number of carbonyl (C=O) groups is 2. The molecule has 1 aliphatic rings. The van der Waals surface area contributed by atoms with Crippen LogP contribution in [0.15, 0.2) is 85.1 Å². The van der Waals surface area contributed by atoms with Gasteiger partial charge in [0.25, 0.3) is 0 Å². The van der Waals surface area contributed by atoms with Crippen molar-refractivity contribution in [3.05, 3.63) is 77.4 Å². The summed E-state index contributed by atoms with van der Waals surface area (Å²) in [6.07, 6.45) is 0. The van der Waals surface area contributed by atoms with Gasteiger partial charge in [-0.1, -0.05) is 17.7 Å². The number of aryl methyl sites for hydroxylation is 1. The highest BCUT2D eigenvalue weighted by atomic mass is 32.2. The van der Waals surface area contributed by atoms with Crippen molar-refractivity contribution in [2.24, 2.45) is 0 Å². The predicted molar refractivity (Wildman–Crippen MR) is 111 cm³/mol. The van der Waals surface area contributed by atoms with E-state index in [9.17, 15) is 13.8 Å². The SMILES string of the molecule is CC(=O)c1ccc2c(c1)S(=O)c1cc(C(C)=O)ccc1[S+]2c1ccc(C)cc1. The topological polar surface area (TPSA) is 51.2 Å². The molecule has 0 radical (unpaired) electrons. The van der Waals surface area contributed by atoms with Crippen LogP contribution in [0.4, 0.5) is 0 Å². The standard InChI is InChI=1S/C23H19O3S2/c1-14-4-8-19(9-5-14)27-20-10-6-17(15(2)24)12-22(20)28(26)23-13-18(16(3)25)7-11-21(23)27/h4-13H,1-3H3/q+1. The number of hydrogen-bond donors (Lipinski definition) is 0. The molecular weight excluding hydrogens is 388 g/mol. The second kappa shape index (κ2) is 7.15. The molecule has 0 fully saturated rings. The van der Waals surface area contributed by atoms with Gasteiger partial charge in [-0.25, -0.2) is 4.21 Å². The molecule has 140 valence electrons. The summed E-state index contributed by atoms with van der Waals surface area (Å²) in [6.45, 7) is 5.06. The van der Waals surface area contributed by atoms with Crippen LogP contribution in [-0.2, 0) is 21.7 Å². The third kappa shape index (κ3) is 3.15. The third-order valence-electron chi connectivity index (χ3n) is 4.80. The molecule has 0 aromatic heterocycles. The van der Waals surface area contributed by atoms with Gasteiger partial charge >= 0.3 is 0 Å². The fraction of sp³-hybridized carbons (Fsp3) is 0.130. The Kier molecular flexibility index (Phi) is 4.81. The molecule has 3 aromatic carbocycles. The van der Waals surface area contributed by atoms with Crippen LogP contribution in [0, 0.1) is 6.92 Å². The monoisotopic (exact) mass is 407 g/mol. The summed E-state index contributed by atoms with van der Waals surface area (Å²) in [5.41, 5.74) is 2.27. The molecule has 0 spiro atoms. The lowest BCUT2D eigenvalue weighted by Gasteiger charge is -2.20. The molecule has 28 heavy (non-hydrogen) atoms. The number of Topliss-reactive ketones (excluding diaryl/α,β-unsaturated/α-hetero) is 2. The van der Waals surface area contributed by atoms with E-state index in [1.165, 1.54) is 19.4 Å². The molecule has 0 saturated carbocycles. The first-order valence-corrected chi connectivity index (χ1v) is 11.3. The summed E-state index contributed by atoms with van der Waals surface area (Å²) in [4.78, 5) is 28.1. The van der Waals surface area contributed by atoms with Crippen molar-refractivity contribution in [1.82, 2.24) is 0 Å². The normalized spacial score (nSPS) is 17.5. The maximum Gasteiger partial charge on any atom is 0.183 e. The molecule has 0 unspecified atom stereocenters. The summed E-state index contributed by atoms with van der Waals surface area (Å²) in [5.74, 6) is -0.114. The van der Waals surface area contributed by atoms with E-state index >= 15 is 0 Å². The average Bonchev–Trinajstić information content (AvgIpc) is 2.69. The highest BCUT2D eigenvalue weighted by Gasteiger charge is 2.41. The van der Waals surface area contributed by atoms with Crippen molar-refractivity contribution >= 4 is 33.3 Å². The Bertz CT molecular complexity index is 1080. The smallest absolute Gasteiger partial charge is 0.183 e. The van der Waals surface area contributed by atoms with E-state index in [2.05, 4.69) is 24.3 Å². The molecular formula is C23H19O3S2+. The quantitative estimate of drug-likeness (QED) is 0.356. The van der Waals surface area contributed by atoms with E-state index in [-0.39, 0.29) is 11.6 Å². The number of benzene rings is 3. The lowest BCUT2D eigenvalue weighted by atomic mass is 10.1. The molecule has 3 aromatic rings. The maximum absolute atomic E-state index is 13.4. The molecule has 0 bridgehead atoms. The lowest BCUT2D eigenvalue weighted by molar-refractivity contribution is 0.100. The molecule has 1 heterocycles. The molecule has 0 atom stereocenters.